The third-order valence-corrected chi connectivity index (χ3v) is 7.73. The van der Waals surface area contributed by atoms with E-state index in [1.165, 1.54) is 0 Å². The summed E-state index contributed by atoms with van der Waals surface area (Å²) in [7, 11) is 0. The van der Waals surface area contributed by atoms with E-state index in [0.29, 0.717) is 6.42 Å². The summed E-state index contributed by atoms with van der Waals surface area (Å²) in [5.74, 6) is -3.39. The van der Waals surface area contributed by atoms with E-state index in [-0.39, 0.29) is 28.6 Å². The minimum absolute atomic E-state index is 0.146. The van der Waals surface area contributed by atoms with Crippen molar-refractivity contribution < 1.29 is 23.9 Å². The molecule has 0 unspecified atom stereocenters. The number of fused-ring (bicyclic) bond motifs is 5. The van der Waals surface area contributed by atoms with Gasteiger partial charge in [0.2, 0.25) is 11.8 Å². The Morgan fingerprint density at radius 1 is 1.10 bits per heavy atom. The largest absolute Gasteiger partial charge is 0.454 e. The van der Waals surface area contributed by atoms with Crippen LogP contribution >= 0.6 is 23.2 Å². The van der Waals surface area contributed by atoms with Crippen LogP contribution in [0.3, 0.4) is 0 Å². The van der Waals surface area contributed by atoms with Crippen molar-refractivity contribution in [3.8, 4) is 0 Å². The van der Waals surface area contributed by atoms with Crippen LogP contribution in [0.2, 0.25) is 0 Å². The molecule has 2 saturated carbocycles. The van der Waals surface area contributed by atoms with E-state index in [0.717, 1.165) is 10.5 Å². The Labute approximate surface area is 184 Å². The van der Waals surface area contributed by atoms with Crippen LogP contribution in [0.25, 0.3) is 0 Å². The van der Waals surface area contributed by atoms with Gasteiger partial charge in [-0.1, -0.05) is 30.3 Å². The van der Waals surface area contributed by atoms with E-state index >= 15 is 0 Å². The topological polar surface area (TPSA) is 92.8 Å². The van der Waals surface area contributed by atoms with Crippen LogP contribution in [-0.4, -0.2) is 52.5 Å². The van der Waals surface area contributed by atoms with Crippen molar-refractivity contribution in [3.63, 3.8) is 0 Å². The third-order valence-electron chi connectivity index (χ3n) is 6.41. The molecule has 160 valence electrons. The molecule has 7 atom stereocenters. The highest BCUT2D eigenvalue weighted by Crippen LogP contribution is 2.59. The van der Waals surface area contributed by atoms with Crippen molar-refractivity contribution in [2.24, 2.45) is 23.7 Å². The predicted molar refractivity (Wildman–Crippen MR) is 109 cm³/mol. The van der Waals surface area contributed by atoms with E-state index in [2.05, 4.69) is 5.32 Å². The van der Waals surface area contributed by atoms with Crippen molar-refractivity contribution in [3.05, 3.63) is 35.9 Å². The normalized spacial score (nSPS) is 32.8. The molecule has 9 heteroatoms. The number of likely N-dealkylation sites (tertiary alicyclic amines) is 1. The van der Waals surface area contributed by atoms with Gasteiger partial charge in [-0.3, -0.25) is 24.1 Å². The number of halogens is 2. The van der Waals surface area contributed by atoms with Gasteiger partial charge in [-0.25, -0.2) is 0 Å². The van der Waals surface area contributed by atoms with Crippen LogP contribution in [0, 0.1) is 23.7 Å². The average molecular weight is 453 g/mol. The summed E-state index contributed by atoms with van der Waals surface area (Å²) in [5.41, 5.74) is 0.918. The molecule has 1 N–H and O–H groups in total. The molecular weight excluding hydrogens is 431 g/mol. The van der Waals surface area contributed by atoms with Gasteiger partial charge in [0.1, 0.15) is 6.54 Å². The van der Waals surface area contributed by atoms with Gasteiger partial charge in [0.25, 0.3) is 5.91 Å². The van der Waals surface area contributed by atoms with Crippen LogP contribution in [0.1, 0.15) is 24.9 Å². The van der Waals surface area contributed by atoms with Gasteiger partial charge in [-0.15, -0.1) is 23.2 Å². The van der Waals surface area contributed by atoms with Gasteiger partial charge in [0.15, 0.2) is 6.61 Å². The van der Waals surface area contributed by atoms with Gasteiger partial charge in [0.05, 0.1) is 28.6 Å². The Bertz CT molecular complexity index is 847. The SMILES string of the molecule is C[C@H](NC(=O)COC(=O)CN1C(=O)[C@@H]2[C@H]3C[C@@H]([C@H](Cl)[C@H]3Cl)[C@H]2C1=O)c1ccccc1. The molecule has 0 radical (unpaired) electrons. The Balaban J connectivity index is 1.29. The number of alkyl halides is 2. The molecule has 1 heterocycles. The minimum Gasteiger partial charge on any atom is -0.454 e. The lowest BCUT2D eigenvalue weighted by atomic mass is 9.80. The van der Waals surface area contributed by atoms with Crippen LogP contribution in [-0.2, 0) is 23.9 Å². The van der Waals surface area contributed by atoms with Crippen LogP contribution in [0.4, 0.5) is 0 Å². The zero-order valence-corrected chi connectivity index (χ0v) is 17.8. The molecule has 3 aliphatic rings. The molecule has 0 spiro atoms. The van der Waals surface area contributed by atoms with Crippen LogP contribution in [0.15, 0.2) is 30.3 Å². The number of imide groups is 1. The third kappa shape index (κ3) is 3.58. The lowest BCUT2D eigenvalue weighted by molar-refractivity contribution is -0.155. The van der Waals surface area contributed by atoms with Crippen LogP contribution < -0.4 is 5.32 Å². The molecule has 1 saturated heterocycles. The van der Waals surface area contributed by atoms with Gasteiger partial charge in [0, 0.05) is 0 Å². The highest BCUT2D eigenvalue weighted by molar-refractivity contribution is 6.31. The summed E-state index contributed by atoms with van der Waals surface area (Å²) in [4.78, 5) is 50.6. The van der Waals surface area contributed by atoms with E-state index in [1.807, 2.05) is 37.3 Å². The fraction of sp³-hybridized carbons (Fsp3) is 0.524. The lowest BCUT2D eigenvalue weighted by Gasteiger charge is -2.28. The van der Waals surface area contributed by atoms with E-state index < -0.39 is 48.7 Å². The number of hydrogen-bond donors (Lipinski definition) is 1. The molecule has 2 aliphatic carbocycles. The molecule has 1 aromatic rings. The van der Waals surface area contributed by atoms with Crippen LogP contribution in [0.5, 0.6) is 0 Å². The predicted octanol–water partition coefficient (Wildman–Crippen LogP) is 1.87. The second-order valence-corrected chi connectivity index (χ2v) is 9.13. The number of nitrogens with one attached hydrogen (secondary N) is 1. The van der Waals surface area contributed by atoms with Crippen molar-refractivity contribution in [1.29, 1.82) is 0 Å². The van der Waals surface area contributed by atoms with E-state index in [9.17, 15) is 19.2 Å². The number of carbonyl (C=O) groups is 4. The summed E-state index contributed by atoms with van der Waals surface area (Å²) < 4.78 is 4.98. The monoisotopic (exact) mass is 452 g/mol. The summed E-state index contributed by atoms with van der Waals surface area (Å²) in [6.45, 7) is 0.821. The summed E-state index contributed by atoms with van der Waals surface area (Å²) in [6.07, 6.45) is 0.660. The number of esters is 1. The quantitative estimate of drug-likeness (QED) is 0.404. The molecular formula is C21H22Cl2N2O5. The van der Waals surface area contributed by atoms with Crippen molar-refractivity contribution in [2.45, 2.75) is 30.1 Å². The molecule has 30 heavy (non-hydrogen) atoms. The first-order valence-electron chi connectivity index (χ1n) is 9.93. The van der Waals surface area contributed by atoms with Gasteiger partial charge < -0.3 is 10.1 Å². The summed E-state index contributed by atoms with van der Waals surface area (Å²) in [5, 5.41) is 2.03. The average Bonchev–Trinajstić information content (AvgIpc) is 3.34. The summed E-state index contributed by atoms with van der Waals surface area (Å²) >= 11 is 12.6. The lowest BCUT2D eigenvalue weighted by Crippen LogP contribution is -2.39. The zero-order valence-electron chi connectivity index (χ0n) is 16.3. The minimum atomic E-state index is -0.809. The number of rotatable bonds is 6. The first-order valence-corrected chi connectivity index (χ1v) is 10.8. The molecule has 0 aromatic heterocycles. The molecule has 3 fully saturated rings. The Hall–Kier alpha value is -2.12. The molecule has 1 aliphatic heterocycles. The van der Waals surface area contributed by atoms with Crippen molar-refractivity contribution in [1.82, 2.24) is 10.2 Å². The number of amides is 3. The molecule has 7 nitrogen and oxygen atoms in total. The first-order chi connectivity index (χ1) is 14.3. The fourth-order valence-corrected chi connectivity index (χ4v) is 5.89. The number of hydrogen-bond acceptors (Lipinski definition) is 5. The van der Waals surface area contributed by atoms with E-state index in [1.54, 1.807) is 0 Å². The molecule has 4 rings (SSSR count). The highest BCUT2D eigenvalue weighted by Gasteiger charge is 2.66. The number of carbonyl (C=O) groups excluding carboxylic acids is 4. The maximum Gasteiger partial charge on any atom is 0.326 e. The number of benzene rings is 1. The van der Waals surface area contributed by atoms with Crippen molar-refractivity contribution >= 4 is 46.9 Å². The smallest absolute Gasteiger partial charge is 0.326 e. The Morgan fingerprint density at radius 2 is 1.67 bits per heavy atom. The van der Waals surface area contributed by atoms with Crippen molar-refractivity contribution in [2.75, 3.05) is 13.2 Å². The zero-order chi connectivity index (χ0) is 21.6. The number of nitrogens with zero attached hydrogens (tertiary/aromatic N) is 1. The summed E-state index contributed by atoms with van der Waals surface area (Å²) in [6, 6.07) is 9.11. The molecule has 3 amide bonds. The first kappa shape index (κ1) is 21.1. The molecule has 1 aromatic carbocycles. The molecule has 2 bridgehead atoms. The van der Waals surface area contributed by atoms with Gasteiger partial charge >= 0.3 is 5.97 Å². The van der Waals surface area contributed by atoms with Gasteiger partial charge in [-0.2, -0.15) is 0 Å². The highest BCUT2D eigenvalue weighted by atomic mass is 35.5. The second kappa shape index (κ2) is 8.19. The number of ether oxygens (including phenoxy) is 1. The maximum atomic E-state index is 12.7. The maximum absolute atomic E-state index is 12.7. The standard InChI is InChI=1S/C21H22Cl2N2O5/c1-10(11-5-3-2-4-6-11)24-14(26)9-30-15(27)8-25-20(28)16-12-7-13(17(16)21(25)29)19(23)18(12)22/h2-6,10,12-13,16-19H,7-9H2,1H3,(H,24,26)/t10-,12+,13+,16+,17+,18-,19-/m0/s1. The Kier molecular flexibility index (Phi) is 5.77. The van der Waals surface area contributed by atoms with Gasteiger partial charge in [-0.05, 0) is 30.7 Å². The fourth-order valence-electron chi connectivity index (χ4n) is 5.00. The second-order valence-electron chi connectivity index (χ2n) is 8.13. The Morgan fingerprint density at radius 3 is 2.23 bits per heavy atom. The van der Waals surface area contributed by atoms with E-state index in [4.69, 9.17) is 27.9 Å².